The van der Waals surface area contributed by atoms with E-state index in [0.29, 0.717) is 0 Å². The van der Waals surface area contributed by atoms with Gasteiger partial charge in [0.15, 0.2) is 0 Å². The Kier molecular flexibility index (Phi) is 5.87. The van der Waals surface area contributed by atoms with Gasteiger partial charge in [-0.05, 0) is 0 Å². The van der Waals surface area contributed by atoms with Crippen LogP contribution in [0, 0.1) is 0 Å². The van der Waals surface area contributed by atoms with Gasteiger partial charge in [0.05, 0.1) is 0 Å². The summed E-state index contributed by atoms with van der Waals surface area (Å²) in [6.45, 7) is 0. The average molecular weight is 245 g/mol. The third kappa shape index (κ3) is 11.2. The maximum atomic E-state index is 9.71. The second-order valence-corrected chi connectivity index (χ2v) is 21.8. The minimum atomic E-state index is -4.44. The van der Waals surface area contributed by atoms with Crippen LogP contribution in [0.2, 0.25) is 0 Å². The van der Waals surface area contributed by atoms with Gasteiger partial charge >= 0.3 is 80.7 Å². The third-order valence-electron chi connectivity index (χ3n) is 0.178. The smallest absolute Gasteiger partial charge is 0.316 e. The Morgan fingerprint density at radius 2 is 1.25 bits per heavy atom. The molecule has 8 heavy (non-hydrogen) atoms. The SMILES string of the molecule is O=[CH][Ti]([Cl])([Cl])([Cl])[Cl].[MgH2]. The van der Waals surface area contributed by atoms with Gasteiger partial charge in [0, 0.05) is 0 Å². The van der Waals surface area contributed by atoms with E-state index in [0.717, 1.165) is 0 Å². The van der Waals surface area contributed by atoms with Crippen LogP contribution >= 0.6 is 37.2 Å². The molecule has 0 atom stereocenters. The summed E-state index contributed by atoms with van der Waals surface area (Å²) < 4.78 is 0.212. The van der Waals surface area contributed by atoms with Crippen LogP contribution in [0.1, 0.15) is 0 Å². The van der Waals surface area contributed by atoms with Crippen molar-refractivity contribution in [3.05, 3.63) is 0 Å². The second kappa shape index (κ2) is 3.63. The molecule has 0 rings (SSSR count). The molecule has 0 fully saturated rings. The van der Waals surface area contributed by atoms with Crippen molar-refractivity contribution in [3.63, 3.8) is 0 Å². The molecule has 0 heterocycles. The van der Waals surface area contributed by atoms with Gasteiger partial charge in [-0.2, -0.15) is 0 Å². The van der Waals surface area contributed by atoms with Gasteiger partial charge in [-0.15, -0.1) is 0 Å². The summed E-state index contributed by atoms with van der Waals surface area (Å²) in [7, 11) is 20.4. The van der Waals surface area contributed by atoms with Crippen LogP contribution in [0.15, 0.2) is 0 Å². The molecule has 0 saturated carbocycles. The van der Waals surface area contributed by atoms with Crippen LogP contribution < -0.4 is 0 Å². The number of carbonyl (C=O) groups excluding carboxylic acids is 1. The van der Waals surface area contributed by atoms with E-state index in [-0.39, 0.29) is 27.6 Å². The first-order valence-electron chi connectivity index (χ1n) is 1.28. The molecule has 0 aliphatic rings. The number of carbonyl (C=O) groups is 1. The molecule has 0 spiro atoms. The molecule has 0 amide bonds. The van der Waals surface area contributed by atoms with Crippen molar-refractivity contribution in [2.75, 3.05) is 0 Å². The summed E-state index contributed by atoms with van der Waals surface area (Å²) >= 11 is -4.44. The molecule has 0 aromatic rings. The molecule has 0 aromatic carbocycles. The minimum absolute atomic E-state index is 0. The van der Waals surface area contributed by atoms with Gasteiger partial charge in [-0.1, -0.05) is 0 Å². The zero-order valence-electron chi connectivity index (χ0n) is 3.00. The normalized spacial score (nSPS) is 15.2. The summed E-state index contributed by atoms with van der Waals surface area (Å²) in [5, 5.41) is 0. The number of halogens is 4. The fourth-order valence-electron chi connectivity index (χ4n) is 0. The molecule has 0 saturated heterocycles. The maximum Gasteiger partial charge on any atom is 0.316 e. The second-order valence-electron chi connectivity index (χ2n) is 0.983. The van der Waals surface area contributed by atoms with E-state index in [1.165, 1.54) is 0 Å². The van der Waals surface area contributed by atoms with E-state index < -0.39 is 11.1 Å². The first kappa shape index (κ1) is 12.9. The monoisotopic (exact) mass is 243 g/mol. The van der Waals surface area contributed by atoms with E-state index in [4.69, 9.17) is 37.2 Å². The Morgan fingerprint density at radius 3 is 1.25 bits per heavy atom. The predicted molar refractivity (Wildman–Crippen MR) is 38.7 cm³/mol. The van der Waals surface area contributed by atoms with Gasteiger partial charge in [-0.3, -0.25) is 0 Å². The summed E-state index contributed by atoms with van der Waals surface area (Å²) in [5.74, 6) is 0. The molecule has 47 valence electrons. The molecule has 0 aliphatic heterocycles. The van der Waals surface area contributed by atoms with Crippen molar-refractivity contribution >= 4 is 64.9 Å². The summed E-state index contributed by atoms with van der Waals surface area (Å²) in [6, 6.07) is 0. The van der Waals surface area contributed by atoms with Crippen LogP contribution in [0.5, 0.6) is 0 Å². The molecule has 7 heteroatoms. The van der Waals surface area contributed by atoms with Gasteiger partial charge in [-0.25, -0.2) is 0 Å². The quantitative estimate of drug-likeness (QED) is 0.506. The van der Waals surface area contributed by atoms with Crippen LogP contribution in [0.4, 0.5) is 0 Å². The van der Waals surface area contributed by atoms with Gasteiger partial charge < -0.3 is 0 Å². The molecule has 0 N–H and O–H groups in total. The zero-order chi connectivity index (χ0) is 6.15. The average Bonchev–Trinajstić information content (AvgIpc) is 1.32. The van der Waals surface area contributed by atoms with Crippen molar-refractivity contribution in [1.29, 1.82) is 0 Å². The van der Waals surface area contributed by atoms with E-state index in [9.17, 15) is 4.79 Å². The molecule has 0 aromatic heterocycles. The number of rotatable bonds is 1. The van der Waals surface area contributed by atoms with Crippen LogP contribution in [0.3, 0.4) is 0 Å². The topological polar surface area (TPSA) is 17.1 Å². The molecular formula is CH3Cl4MgOTi. The van der Waals surface area contributed by atoms with E-state index in [1.54, 1.807) is 0 Å². The molecule has 0 aliphatic carbocycles. The summed E-state index contributed by atoms with van der Waals surface area (Å²) in [4.78, 5) is 9.71. The van der Waals surface area contributed by atoms with Gasteiger partial charge in [0.25, 0.3) is 0 Å². The van der Waals surface area contributed by atoms with Crippen LogP contribution in [0.25, 0.3) is 0 Å². The van der Waals surface area contributed by atoms with Crippen molar-refractivity contribution < 1.29 is 15.9 Å². The molecule has 0 radical (unpaired) electrons. The molecule has 0 bridgehead atoms. The molecular weight excluding hydrogens is 242 g/mol. The van der Waals surface area contributed by atoms with E-state index >= 15 is 0 Å². The number of hydrogen-bond acceptors (Lipinski definition) is 1. The van der Waals surface area contributed by atoms with E-state index in [1.807, 2.05) is 0 Å². The van der Waals surface area contributed by atoms with Crippen molar-refractivity contribution in [1.82, 2.24) is 0 Å². The Balaban J connectivity index is 0. The minimum Gasteiger partial charge on any atom is 0.316 e. The Morgan fingerprint density at radius 1 is 1.12 bits per heavy atom. The van der Waals surface area contributed by atoms with Crippen LogP contribution in [-0.4, -0.2) is 27.6 Å². The Bertz CT molecular complexity index is 86.7. The Hall–Kier alpha value is 2.31. The zero-order valence-corrected chi connectivity index (χ0v) is 7.58. The molecule has 0 unspecified atom stereocenters. The predicted octanol–water partition coefficient (Wildman–Crippen LogP) is 1.57. The standard InChI is InChI=1S/CHO.4ClH.Mg.Ti.2H/c1-2;;;;;;;;/h1H;4*1H;;;;/q;;;;;;+4;;/p-4. The fourth-order valence-corrected chi connectivity index (χ4v) is 0. The van der Waals surface area contributed by atoms with Crippen molar-refractivity contribution in [2.45, 2.75) is 0 Å². The third-order valence-corrected chi connectivity index (χ3v) is 2.20. The first-order valence-corrected chi connectivity index (χ1v) is 10.8. The summed E-state index contributed by atoms with van der Waals surface area (Å²) in [5.41, 5.74) is 0. The van der Waals surface area contributed by atoms with Crippen molar-refractivity contribution in [3.8, 4) is 0 Å². The molecule has 1 nitrogen and oxygen atoms in total. The largest absolute Gasteiger partial charge is 0.316 e. The first-order chi connectivity index (χ1) is 2.81. The number of hydrogen-bond donors (Lipinski definition) is 0. The van der Waals surface area contributed by atoms with Crippen molar-refractivity contribution in [2.24, 2.45) is 0 Å². The maximum absolute atomic E-state index is 9.71. The van der Waals surface area contributed by atoms with E-state index in [2.05, 4.69) is 0 Å². The fraction of sp³-hybridized carbons (Fsp3) is 0. The summed E-state index contributed by atoms with van der Waals surface area (Å²) in [6.07, 6.45) is 0. The van der Waals surface area contributed by atoms with Gasteiger partial charge in [0.2, 0.25) is 0 Å². The van der Waals surface area contributed by atoms with Gasteiger partial charge in [0.1, 0.15) is 0 Å². The van der Waals surface area contributed by atoms with Crippen LogP contribution in [-0.2, 0) is 15.9 Å². The Labute approximate surface area is 79.5 Å².